The molecule has 0 bridgehead atoms. The van der Waals surface area contributed by atoms with Crippen LogP contribution < -0.4 is 10.6 Å². The summed E-state index contributed by atoms with van der Waals surface area (Å²) in [6, 6.07) is 7.75. The maximum absolute atomic E-state index is 13.2. The molecule has 0 saturated heterocycles. The normalized spacial score (nSPS) is 20.8. The van der Waals surface area contributed by atoms with Crippen LogP contribution in [-0.4, -0.2) is 17.1 Å². The van der Waals surface area contributed by atoms with E-state index in [0.717, 1.165) is 31.4 Å². The molecule has 3 N–H and O–H groups in total. The number of carbonyl (C=O) groups is 1. The summed E-state index contributed by atoms with van der Waals surface area (Å²) in [4.78, 5) is 13.2. The number of aryl methyl sites for hydroxylation is 1. The third-order valence-electron chi connectivity index (χ3n) is 7.24. The lowest BCUT2D eigenvalue weighted by atomic mass is 9.78. The van der Waals surface area contributed by atoms with Gasteiger partial charge >= 0.3 is 6.18 Å². The number of furan rings is 1. The molecule has 1 aliphatic carbocycles. The molecule has 35 heavy (non-hydrogen) atoms. The lowest BCUT2D eigenvalue weighted by molar-refractivity contribution is -0.137. The molecule has 1 aromatic heterocycles. The lowest BCUT2D eigenvalue weighted by Crippen LogP contribution is -2.39. The fourth-order valence-corrected chi connectivity index (χ4v) is 5.05. The van der Waals surface area contributed by atoms with E-state index in [1.807, 2.05) is 0 Å². The van der Waals surface area contributed by atoms with Gasteiger partial charge in [-0.05, 0) is 68.0 Å². The average Bonchev–Trinajstić information content (AvgIpc) is 3.15. The Morgan fingerprint density at radius 3 is 2.51 bits per heavy atom. The van der Waals surface area contributed by atoms with E-state index >= 15 is 0 Å². The Labute approximate surface area is 202 Å². The van der Waals surface area contributed by atoms with Gasteiger partial charge in [0.2, 0.25) is 0 Å². The van der Waals surface area contributed by atoms with Gasteiger partial charge in [0, 0.05) is 29.2 Å². The molecule has 8 heteroatoms. The third kappa shape index (κ3) is 5.32. The summed E-state index contributed by atoms with van der Waals surface area (Å²) < 4.78 is 44.4. The number of carbonyl (C=O) groups excluding carboxylic acids is 1. The SMILES string of the molecule is CCC1CCC(C)C(NCc2c(O)ccc3oc(C)c(C(=O)Nc4ccc(C(F)(F)F)cc4)c23)C1. The maximum Gasteiger partial charge on any atom is 0.416 e. The molecule has 188 valence electrons. The molecule has 3 aromatic rings. The van der Waals surface area contributed by atoms with Gasteiger partial charge in [0.1, 0.15) is 17.1 Å². The minimum absolute atomic E-state index is 0.0601. The Balaban J connectivity index is 1.61. The van der Waals surface area contributed by atoms with Crippen LogP contribution in [0, 0.1) is 18.8 Å². The van der Waals surface area contributed by atoms with Crippen molar-refractivity contribution in [2.75, 3.05) is 5.32 Å². The van der Waals surface area contributed by atoms with Gasteiger partial charge in [-0.15, -0.1) is 0 Å². The van der Waals surface area contributed by atoms with E-state index < -0.39 is 17.6 Å². The zero-order valence-corrected chi connectivity index (χ0v) is 20.1. The zero-order valence-electron chi connectivity index (χ0n) is 20.1. The first-order chi connectivity index (χ1) is 16.6. The van der Waals surface area contributed by atoms with Crippen molar-refractivity contribution in [3.05, 3.63) is 58.8 Å². The van der Waals surface area contributed by atoms with Gasteiger partial charge in [0.15, 0.2) is 0 Å². The number of alkyl halides is 3. The number of hydrogen-bond donors (Lipinski definition) is 3. The second kappa shape index (κ2) is 9.93. The molecular weight excluding hydrogens is 457 g/mol. The molecule has 1 heterocycles. The molecule has 1 aliphatic rings. The van der Waals surface area contributed by atoms with E-state index in [-0.39, 0.29) is 17.0 Å². The fraction of sp³-hybridized carbons (Fsp3) is 0.444. The van der Waals surface area contributed by atoms with E-state index in [1.165, 1.54) is 18.6 Å². The molecule has 5 nitrogen and oxygen atoms in total. The third-order valence-corrected chi connectivity index (χ3v) is 7.24. The topological polar surface area (TPSA) is 74.5 Å². The highest BCUT2D eigenvalue weighted by Crippen LogP contribution is 2.36. The first-order valence-corrected chi connectivity index (χ1v) is 12.0. The summed E-state index contributed by atoms with van der Waals surface area (Å²) in [6.07, 6.45) is 0.136. The van der Waals surface area contributed by atoms with Crippen molar-refractivity contribution in [3.63, 3.8) is 0 Å². The van der Waals surface area contributed by atoms with Gasteiger partial charge in [-0.3, -0.25) is 4.79 Å². The summed E-state index contributed by atoms with van der Waals surface area (Å²) in [5.41, 5.74) is 0.746. The Kier molecular flexibility index (Phi) is 7.12. The summed E-state index contributed by atoms with van der Waals surface area (Å²) in [6.45, 7) is 6.47. The number of phenols is 1. The lowest BCUT2D eigenvalue weighted by Gasteiger charge is -2.34. The first kappa shape index (κ1) is 25.1. The van der Waals surface area contributed by atoms with Crippen LogP contribution in [0.2, 0.25) is 0 Å². The molecule has 4 rings (SSSR count). The predicted molar refractivity (Wildman–Crippen MR) is 129 cm³/mol. The molecular formula is C27H31F3N2O3. The highest BCUT2D eigenvalue weighted by atomic mass is 19.4. The van der Waals surface area contributed by atoms with Crippen molar-refractivity contribution in [1.29, 1.82) is 0 Å². The van der Waals surface area contributed by atoms with Gasteiger partial charge in [0.25, 0.3) is 5.91 Å². The molecule has 3 unspecified atom stereocenters. The minimum Gasteiger partial charge on any atom is -0.508 e. The second-order valence-electron chi connectivity index (χ2n) is 9.55. The van der Waals surface area contributed by atoms with Crippen LogP contribution in [0.5, 0.6) is 5.75 Å². The summed E-state index contributed by atoms with van der Waals surface area (Å²) in [5.74, 6) is 1.10. The smallest absolute Gasteiger partial charge is 0.416 e. The predicted octanol–water partition coefficient (Wildman–Crippen LogP) is 7.02. The Morgan fingerprint density at radius 2 is 1.86 bits per heavy atom. The van der Waals surface area contributed by atoms with Crippen LogP contribution >= 0.6 is 0 Å². The van der Waals surface area contributed by atoms with E-state index in [2.05, 4.69) is 24.5 Å². The number of amides is 1. The number of hydrogen-bond acceptors (Lipinski definition) is 4. The molecule has 0 spiro atoms. The van der Waals surface area contributed by atoms with Crippen LogP contribution in [-0.2, 0) is 12.7 Å². The number of anilines is 1. The molecule has 0 radical (unpaired) electrons. The summed E-state index contributed by atoms with van der Waals surface area (Å²) in [5, 5.41) is 17.5. The average molecular weight is 489 g/mol. The van der Waals surface area contributed by atoms with Crippen molar-refractivity contribution in [3.8, 4) is 5.75 Å². The van der Waals surface area contributed by atoms with Gasteiger partial charge in [0.05, 0.1) is 11.1 Å². The quantitative estimate of drug-likeness (QED) is 0.348. The maximum atomic E-state index is 13.2. The van der Waals surface area contributed by atoms with Crippen molar-refractivity contribution in [2.45, 2.75) is 65.2 Å². The number of halogens is 3. The summed E-state index contributed by atoms with van der Waals surface area (Å²) in [7, 11) is 0. The Bertz CT molecular complexity index is 1200. The largest absolute Gasteiger partial charge is 0.508 e. The minimum atomic E-state index is -4.45. The molecule has 0 aliphatic heterocycles. The van der Waals surface area contributed by atoms with Crippen molar-refractivity contribution in [1.82, 2.24) is 5.32 Å². The van der Waals surface area contributed by atoms with E-state index in [1.54, 1.807) is 19.1 Å². The van der Waals surface area contributed by atoms with Gasteiger partial charge in [-0.25, -0.2) is 0 Å². The number of nitrogens with one attached hydrogen (secondary N) is 2. The van der Waals surface area contributed by atoms with E-state index in [9.17, 15) is 23.1 Å². The van der Waals surface area contributed by atoms with Crippen LogP contribution in [0.25, 0.3) is 11.0 Å². The van der Waals surface area contributed by atoms with Crippen LogP contribution in [0.1, 0.15) is 66.8 Å². The fourth-order valence-electron chi connectivity index (χ4n) is 5.05. The monoisotopic (exact) mass is 488 g/mol. The number of benzene rings is 2. The standard InChI is InChI=1S/C27H31F3N2O3/c1-4-17-6-5-15(2)21(13-17)31-14-20-22(33)11-12-23-25(20)24(16(3)35-23)26(34)32-19-9-7-18(8-10-19)27(28,29)30/h7-12,15,17,21,31,33H,4-6,13-14H2,1-3H3,(H,32,34). The Morgan fingerprint density at radius 1 is 1.14 bits per heavy atom. The molecule has 1 fully saturated rings. The molecule has 1 saturated carbocycles. The van der Waals surface area contributed by atoms with Gasteiger partial charge in [-0.1, -0.05) is 26.7 Å². The molecule has 1 amide bonds. The second-order valence-corrected chi connectivity index (χ2v) is 9.55. The number of rotatable bonds is 6. The highest BCUT2D eigenvalue weighted by molar-refractivity contribution is 6.14. The van der Waals surface area contributed by atoms with E-state index in [4.69, 9.17) is 4.42 Å². The van der Waals surface area contributed by atoms with Crippen molar-refractivity contribution in [2.24, 2.45) is 11.8 Å². The zero-order chi connectivity index (χ0) is 25.3. The van der Waals surface area contributed by atoms with Crippen molar-refractivity contribution >= 4 is 22.6 Å². The van der Waals surface area contributed by atoms with Gasteiger partial charge in [-0.2, -0.15) is 13.2 Å². The van der Waals surface area contributed by atoms with Crippen LogP contribution in [0.15, 0.2) is 40.8 Å². The number of phenolic OH excluding ortho intramolecular Hbond substituents is 1. The molecule has 2 aromatic carbocycles. The molecule has 3 atom stereocenters. The Hall–Kier alpha value is -3.00. The van der Waals surface area contributed by atoms with Crippen LogP contribution in [0.3, 0.4) is 0 Å². The van der Waals surface area contributed by atoms with Crippen LogP contribution in [0.4, 0.5) is 18.9 Å². The highest BCUT2D eigenvalue weighted by Gasteiger charge is 2.31. The number of fused-ring (bicyclic) bond motifs is 1. The van der Waals surface area contributed by atoms with E-state index in [0.29, 0.717) is 46.7 Å². The van der Waals surface area contributed by atoms with Crippen molar-refractivity contribution < 1.29 is 27.5 Å². The van der Waals surface area contributed by atoms with Gasteiger partial charge < -0.3 is 20.2 Å². The first-order valence-electron chi connectivity index (χ1n) is 12.0. The summed E-state index contributed by atoms with van der Waals surface area (Å²) >= 11 is 0. The number of aromatic hydroxyl groups is 1.